The lowest BCUT2D eigenvalue weighted by Crippen LogP contribution is -2.43. The molecule has 30 heavy (non-hydrogen) atoms. The van der Waals surface area contributed by atoms with Crippen molar-refractivity contribution in [2.45, 2.75) is 17.2 Å². The van der Waals surface area contributed by atoms with Crippen molar-refractivity contribution in [3.05, 3.63) is 52.1 Å². The molecule has 1 heterocycles. The molecule has 0 bridgehead atoms. The zero-order valence-electron chi connectivity index (χ0n) is 15.4. The number of nitrogens with one attached hydrogen (secondary N) is 1. The van der Waals surface area contributed by atoms with E-state index >= 15 is 0 Å². The number of rotatable bonds is 5. The maximum Gasteiger partial charge on any atom is 0.487 e. The minimum Gasteiger partial charge on any atom is -0.420 e. The second kappa shape index (κ2) is 9.48. The molecular weight excluding hydrogens is 551 g/mol. The molecule has 1 aliphatic rings. The molecule has 1 aliphatic heterocycles. The van der Waals surface area contributed by atoms with Crippen LogP contribution in [0.4, 0.5) is 20.2 Å². The Morgan fingerprint density at radius 2 is 1.90 bits per heavy atom. The van der Waals surface area contributed by atoms with Gasteiger partial charge in [-0.2, -0.15) is 0 Å². The number of halogens is 4. The average molecular weight is 566 g/mol. The van der Waals surface area contributed by atoms with E-state index in [0.29, 0.717) is 16.5 Å². The van der Waals surface area contributed by atoms with Crippen LogP contribution in [-0.4, -0.2) is 39.7 Å². The first-order valence-electron chi connectivity index (χ1n) is 8.55. The van der Waals surface area contributed by atoms with Crippen LogP contribution in [0.2, 0.25) is 0 Å². The smallest absolute Gasteiger partial charge is 0.420 e. The summed E-state index contributed by atoms with van der Waals surface area (Å²) in [4.78, 5) is 30.9. The molecule has 1 saturated heterocycles. The molecule has 0 saturated carbocycles. The van der Waals surface area contributed by atoms with Crippen molar-refractivity contribution in [1.82, 2.24) is 4.90 Å². The number of hydrogen-bond acceptors (Lipinski definition) is 5. The first kappa shape index (κ1) is 22.8. The van der Waals surface area contributed by atoms with Crippen LogP contribution in [-0.2, 0) is 9.59 Å². The van der Waals surface area contributed by atoms with Crippen molar-refractivity contribution in [1.29, 1.82) is 0 Å². The lowest BCUT2D eigenvalue weighted by Gasteiger charge is -2.28. The van der Waals surface area contributed by atoms with Crippen molar-refractivity contribution in [3.63, 3.8) is 0 Å². The van der Waals surface area contributed by atoms with Gasteiger partial charge in [-0.25, -0.2) is 4.99 Å². The van der Waals surface area contributed by atoms with Gasteiger partial charge in [0.1, 0.15) is 11.0 Å². The number of hydrogen-bond donors (Lipinski definition) is 1. The molecule has 0 spiro atoms. The molecule has 0 aromatic heterocycles. The van der Waals surface area contributed by atoms with Crippen LogP contribution in [0, 0.1) is 3.57 Å². The van der Waals surface area contributed by atoms with Crippen LogP contribution >= 0.6 is 46.0 Å². The number of alkyl halides is 3. The van der Waals surface area contributed by atoms with Crippen molar-refractivity contribution in [3.8, 4) is 5.75 Å². The van der Waals surface area contributed by atoms with E-state index in [4.69, 9.17) is 11.6 Å². The predicted octanol–water partition coefficient (Wildman–Crippen LogP) is 5.05. The van der Waals surface area contributed by atoms with Gasteiger partial charge in [0.15, 0.2) is 5.17 Å². The number of carbonyl (C=O) groups excluding carboxylic acids is 2. The van der Waals surface area contributed by atoms with E-state index in [1.165, 1.54) is 40.9 Å². The minimum atomic E-state index is -3.82. The maximum absolute atomic E-state index is 12.7. The quantitative estimate of drug-likeness (QED) is 0.407. The van der Waals surface area contributed by atoms with Gasteiger partial charge < -0.3 is 10.1 Å². The van der Waals surface area contributed by atoms with E-state index in [2.05, 4.69) is 37.6 Å². The van der Waals surface area contributed by atoms with Gasteiger partial charge in [-0.05, 0) is 71.1 Å². The third-order valence-electron chi connectivity index (χ3n) is 3.97. The van der Waals surface area contributed by atoms with Crippen molar-refractivity contribution in [2.75, 3.05) is 12.4 Å². The highest BCUT2D eigenvalue weighted by Gasteiger charge is 2.34. The van der Waals surface area contributed by atoms with E-state index in [-0.39, 0.29) is 18.1 Å². The number of carbonyl (C=O) groups is 2. The number of nitrogens with zero attached hydrogens (tertiary/aromatic N) is 2. The fraction of sp³-hybridized carbons (Fsp3) is 0.211. The molecule has 0 unspecified atom stereocenters. The topological polar surface area (TPSA) is 71.0 Å². The Bertz CT molecular complexity index is 968. The van der Waals surface area contributed by atoms with Crippen LogP contribution in [0.1, 0.15) is 6.42 Å². The molecule has 158 valence electrons. The highest BCUT2D eigenvalue weighted by molar-refractivity contribution is 14.1. The molecular formula is C19H15ClF2IN3O3S. The highest BCUT2D eigenvalue weighted by Crippen LogP contribution is 2.30. The first-order chi connectivity index (χ1) is 14.1. The van der Waals surface area contributed by atoms with E-state index in [9.17, 15) is 18.4 Å². The van der Waals surface area contributed by atoms with Crippen LogP contribution in [0.3, 0.4) is 0 Å². The molecule has 3 rings (SSSR count). The van der Waals surface area contributed by atoms with Crippen LogP contribution in [0.5, 0.6) is 5.75 Å². The van der Waals surface area contributed by atoms with Gasteiger partial charge in [-0.3, -0.25) is 14.5 Å². The second-order valence-corrected chi connectivity index (χ2v) is 9.05. The Morgan fingerprint density at radius 3 is 2.50 bits per heavy atom. The monoisotopic (exact) mass is 565 g/mol. The summed E-state index contributed by atoms with van der Waals surface area (Å²) >= 11 is 8.09. The van der Waals surface area contributed by atoms with Gasteiger partial charge >= 0.3 is 5.57 Å². The van der Waals surface area contributed by atoms with Crippen LogP contribution < -0.4 is 10.1 Å². The second-order valence-electron chi connectivity index (χ2n) is 6.20. The zero-order chi connectivity index (χ0) is 21.9. The summed E-state index contributed by atoms with van der Waals surface area (Å²) in [6, 6.07) is 12.7. The summed E-state index contributed by atoms with van der Waals surface area (Å²) in [5.41, 5.74) is -2.78. The summed E-state index contributed by atoms with van der Waals surface area (Å²) in [6.45, 7) is 0. The normalized spacial score (nSPS) is 18.4. The number of thioether (sulfide) groups is 1. The molecule has 1 atom stereocenters. The number of aliphatic imine (C=N–C) groups is 1. The molecule has 11 heteroatoms. The maximum atomic E-state index is 12.7. The van der Waals surface area contributed by atoms with Crippen molar-refractivity contribution < 1.29 is 23.1 Å². The predicted molar refractivity (Wildman–Crippen MR) is 122 cm³/mol. The van der Waals surface area contributed by atoms with E-state index in [0.717, 1.165) is 3.57 Å². The minimum absolute atomic E-state index is 0.0123. The standard InChI is InChI=1S/C19H15ClF2IN3O3S/c1-26-16(27)10-15(30-18(26)25-13-4-2-11(23)3-5-13)17(28)24-12-6-8-14(9-7-12)29-19(20,21)22/h2-9,15H,10H2,1H3,(H,24,28)/t15-/m1/s1. The molecule has 0 radical (unpaired) electrons. The Hall–Kier alpha value is -1.92. The summed E-state index contributed by atoms with van der Waals surface area (Å²) in [5, 5.41) is 2.40. The lowest BCUT2D eigenvalue weighted by molar-refractivity contribution is -0.128. The fourth-order valence-electron chi connectivity index (χ4n) is 2.49. The van der Waals surface area contributed by atoms with Gasteiger partial charge in [-0.1, -0.05) is 11.8 Å². The van der Waals surface area contributed by atoms with E-state index in [1.54, 1.807) is 7.05 Å². The van der Waals surface area contributed by atoms with Crippen molar-refractivity contribution in [2.24, 2.45) is 4.99 Å². The lowest BCUT2D eigenvalue weighted by atomic mass is 10.2. The molecule has 2 aromatic rings. The Kier molecular flexibility index (Phi) is 7.19. The van der Waals surface area contributed by atoms with E-state index < -0.39 is 16.7 Å². The summed E-state index contributed by atoms with van der Waals surface area (Å²) in [7, 11) is 1.61. The Morgan fingerprint density at radius 1 is 1.27 bits per heavy atom. The Balaban J connectivity index is 1.69. The Labute approximate surface area is 194 Å². The van der Waals surface area contributed by atoms with Gasteiger partial charge in [-0.15, -0.1) is 8.78 Å². The molecule has 2 amide bonds. The molecule has 6 nitrogen and oxygen atoms in total. The number of amidine groups is 1. The summed E-state index contributed by atoms with van der Waals surface area (Å²) < 4.78 is 30.6. The first-order valence-corrected chi connectivity index (χ1v) is 10.9. The molecule has 0 aliphatic carbocycles. The summed E-state index contributed by atoms with van der Waals surface area (Å²) in [6.07, 6.45) is 0.0123. The van der Waals surface area contributed by atoms with Gasteiger partial charge in [0, 0.05) is 34.3 Å². The van der Waals surface area contributed by atoms with Crippen molar-refractivity contribution >= 4 is 74.3 Å². The van der Waals surface area contributed by atoms with Crippen LogP contribution in [0.25, 0.3) is 0 Å². The zero-order valence-corrected chi connectivity index (χ0v) is 19.2. The SMILES string of the molecule is CN1C(=O)C[C@H](C(=O)Nc2ccc(OC(F)(F)Cl)cc2)SC1=Nc1ccc(I)cc1. The third-order valence-corrected chi connectivity index (χ3v) is 6.01. The molecule has 1 N–H and O–H groups in total. The summed E-state index contributed by atoms with van der Waals surface area (Å²) in [5.74, 6) is -0.775. The number of benzene rings is 2. The molecule has 1 fully saturated rings. The fourth-order valence-corrected chi connectivity index (χ4v) is 4.00. The van der Waals surface area contributed by atoms with E-state index in [1.807, 2.05) is 24.3 Å². The highest BCUT2D eigenvalue weighted by atomic mass is 127. The number of anilines is 1. The van der Waals surface area contributed by atoms with Gasteiger partial charge in [0.05, 0.1) is 5.69 Å². The number of ether oxygens (including phenoxy) is 1. The van der Waals surface area contributed by atoms with Crippen LogP contribution in [0.15, 0.2) is 53.5 Å². The third kappa shape index (κ3) is 6.29. The average Bonchev–Trinajstić information content (AvgIpc) is 2.67. The largest absolute Gasteiger partial charge is 0.487 e. The number of amides is 2. The van der Waals surface area contributed by atoms with Gasteiger partial charge in [0.25, 0.3) is 0 Å². The van der Waals surface area contributed by atoms with Gasteiger partial charge in [0.2, 0.25) is 11.8 Å². The molecule has 2 aromatic carbocycles.